The normalized spacial score (nSPS) is 10.9. The van der Waals surface area contributed by atoms with Gasteiger partial charge in [0.1, 0.15) is 11.5 Å². The number of hydrogen-bond acceptors (Lipinski definition) is 6. The maximum Gasteiger partial charge on any atom is 0.248 e. The van der Waals surface area contributed by atoms with Crippen LogP contribution in [0.25, 0.3) is 18.2 Å². The summed E-state index contributed by atoms with van der Waals surface area (Å²) in [7, 11) is 6.26. The lowest BCUT2D eigenvalue weighted by Crippen LogP contribution is -2.08. The molecule has 34 heavy (non-hydrogen) atoms. The largest absolute Gasteiger partial charge is 0.506 e. The Hall–Kier alpha value is -4.39. The molecule has 0 atom stereocenters. The second kappa shape index (κ2) is 11.5. The van der Waals surface area contributed by atoms with Crippen molar-refractivity contribution in [2.45, 2.75) is 0 Å². The van der Waals surface area contributed by atoms with Gasteiger partial charge in [0.2, 0.25) is 11.7 Å². The van der Waals surface area contributed by atoms with E-state index in [9.17, 15) is 9.90 Å². The van der Waals surface area contributed by atoms with E-state index in [1.54, 1.807) is 46.6 Å². The Labute approximate surface area is 198 Å². The number of aromatic hydroxyl groups is 1. The van der Waals surface area contributed by atoms with E-state index in [1.807, 2.05) is 48.6 Å². The molecule has 1 amide bonds. The Bertz CT molecular complexity index is 1170. The summed E-state index contributed by atoms with van der Waals surface area (Å²) in [5, 5.41) is 12.9. The number of hydrogen-bond donors (Lipinski definition) is 2. The van der Waals surface area contributed by atoms with Crippen LogP contribution in [0.2, 0.25) is 0 Å². The number of methoxy groups -OCH3 is 4. The molecule has 2 N–H and O–H groups in total. The second-order valence-corrected chi connectivity index (χ2v) is 7.16. The second-order valence-electron chi connectivity index (χ2n) is 7.16. The van der Waals surface area contributed by atoms with Crippen molar-refractivity contribution in [1.82, 2.24) is 0 Å². The zero-order valence-corrected chi connectivity index (χ0v) is 19.5. The molecule has 0 radical (unpaired) electrons. The predicted molar refractivity (Wildman–Crippen MR) is 134 cm³/mol. The smallest absolute Gasteiger partial charge is 0.248 e. The molecule has 3 aromatic rings. The Morgan fingerprint density at radius 1 is 0.735 bits per heavy atom. The molecule has 0 heterocycles. The number of benzene rings is 3. The van der Waals surface area contributed by atoms with E-state index < -0.39 is 0 Å². The van der Waals surface area contributed by atoms with Crippen molar-refractivity contribution in [2.24, 2.45) is 0 Å². The first-order chi connectivity index (χ1) is 16.5. The van der Waals surface area contributed by atoms with Crippen LogP contribution in [-0.2, 0) is 4.79 Å². The van der Waals surface area contributed by atoms with Gasteiger partial charge in [-0.25, -0.2) is 0 Å². The predicted octanol–water partition coefficient (Wildman–Crippen LogP) is 5.25. The van der Waals surface area contributed by atoms with E-state index >= 15 is 0 Å². The summed E-state index contributed by atoms with van der Waals surface area (Å²) in [4.78, 5) is 12.4. The van der Waals surface area contributed by atoms with Gasteiger partial charge in [-0.3, -0.25) is 4.79 Å². The third kappa shape index (κ3) is 6.10. The number of phenols is 1. The first-order valence-corrected chi connectivity index (χ1v) is 10.4. The zero-order chi connectivity index (χ0) is 24.5. The van der Waals surface area contributed by atoms with Crippen LogP contribution in [0.4, 0.5) is 5.69 Å². The highest BCUT2D eigenvalue weighted by Gasteiger charge is 2.12. The SMILES string of the molecule is COc1ccc(/C=C/C(=O)Nc2cc(/C=C/c3cc(OC)c(OC)c(OC)c3)ccc2O)cc1. The van der Waals surface area contributed by atoms with Gasteiger partial charge < -0.3 is 29.4 Å². The standard InChI is InChI=1S/C27H27NO6/c1-31-21-11-7-18(8-12-21)10-14-26(30)28-22-15-19(9-13-23(22)29)5-6-20-16-24(32-2)27(34-4)25(17-20)33-3/h5-17,29H,1-4H3,(H,28,30)/b6-5+,14-10+. The molecule has 0 aromatic heterocycles. The summed E-state index contributed by atoms with van der Waals surface area (Å²) >= 11 is 0. The molecular formula is C27H27NO6. The molecule has 0 bridgehead atoms. The average Bonchev–Trinajstić information content (AvgIpc) is 2.87. The number of phenolic OH excluding ortho intramolecular Hbond substituents is 1. The molecular weight excluding hydrogens is 434 g/mol. The lowest BCUT2D eigenvalue weighted by Gasteiger charge is -2.12. The number of anilines is 1. The molecule has 0 aliphatic heterocycles. The topological polar surface area (TPSA) is 86.3 Å². The fourth-order valence-electron chi connectivity index (χ4n) is 3.21. The molecule has 0 saturated carbocycles. The van der Waals surface area contributed by atoms with Crippen LogP contribution in [0.15, 0.2) is 60.7 Å². The Kier molecular flexibility index (Phi) is 8.18. The molecule has 0 aliphatic carbocycles. The van der Waals surface area contributed by atoms with Crippen molar-refractivity contribution in [3.63, 3.8) is 0 Å². The maximum atomic E-state index is 12.4. The van der Waals surface area contributed by atoms with E-state index in [0.717, 1.165) is 22.4 Å². The molecule has 0 fully saturated rings. The van der Waals surface area contributed by atoms with Crippen molar-refractivity contribution in [1.29, 1.82) is 0 Å². The number of carbonyl (C=O) groups excluding carboxylic acids is 1. The molecule has 7 heteroatoms. The van der Waals surface area contributed by atoms with E-state index in [2.05, 4.69) is 5.32 Å². The van der Waals surface area contributed by atoms with E-state index in [4.69, 9.17) is 18.9 Å². The van der Waals surface area contributed by atoms with Crippen molar-refractivity contribution in [2.75, 3.05) is 33.8 Å². The zero-order valence-electron chi connectivity index (χ0n) is 19.5. The molecule has 0 unspecified atom stereocenters. The summed E-state index contributed by atoms with van der Waals surface area (Å²) in [6.07, 6.45) is 6.80. The molecule has 176 valence electrons. The van der Waals surface area contributed by atoms with Gasteiger partial charge in [0.05, 0.1) is 34.1 Å². The summed E-state index contributed by atoms with van der Waals surface area (Å²) in [5.74, 6) is 1.95. The average molecular weight is 462 g/mol. The van der Waals surface area contributed by atoms with Crippen LogP contribution in [0, 0.1) is 0 Å². The van der Waals surface area contributed by atoms with Gasteiger partial charge in [0.25, 0.3) is 0 Å². The Morgan fingerprint density at radius 3 is 1.94 bits per heavy atom. The first kappa shape index (κ1) is 24.3. The van der Waals surface area contributed by atoms with E-state index in [1.165, 1.54) is 12.1 Å². The van der Waals surface area contributed by atoms with Gasteiger partial charge in [0.15, 0.2) is 11.5 Å². The van der Waals surface area contributed by atoms with Crippen LogP contribution < -0.4 is 24.3 Å². The van der Waals surface area contributed by atoms with Gasteiger partial charge >= 0.3 is 0 Å². The monoisotopic (exact) mass is 461 g/mol. The minimum absolute atomic E-state index is 0.0314. The lowest BCUT2D eigenvalue weighted by atomic mass is 10.1. The molecule has 0 spiro atoms. The highest BCUT2D eigenvalue weighted by molar-refractivity contribution is 6.03. The first-order valence-electron chi connectivity index (χ1n) is 10.4. The third-order valence-corrected chi connectivity index (χ3v) is 4.98. The van der Waals surface area contributed by atoms with Crippen LogP contribution in [0.5, 0.6) is 28.7 Å². The van der Waals surface area contributed by atoms with Crippen molar-refractivity contribution in [3.8, 4) is 28.7 Å². The van der Waals surface area contributed by atoms with Gasteiger partial charge in [-0.15, -0.1) is 0 Å². The number of rotatable bonds is 9. The third-order valence-electron chi connectivity index (χ3n) is 4.98. The van der Waals surface area contributed by atoms with Crippen molar-refractivity contribution in [3.05, 3.63) is 77.4 Å². The van der Waals surface area contributed by atoms with Crippen LogP contribution in [0.3, 0.4) is 0 Å². The van der Waals surface area contributed by atoms with Crippen LogP contribution in [-0.4, -0.2) is 39.5 Å². The highest BCUT2D eigenvalue weighted by atomic mass is 16.5. The molecule has 3 rings (SSSR count). The van der Waals surface area contributed by atoms with Crippen LogP contribution >= 0.6 is 0 Å². The van der Waals surface area contributed by atoms with Gasteiger partial charge in [0, 0.05) is 6.08 Å². The lowest BCUT2D eigenvalue weighted by molar-refractivity contribution is -0.111. The van der Waals surface area contributed by atoms with E-state index in [-0.39, 0.29) is 11.7 Å². The summed E-state index contributed by atoms with van der Waals surface area (Å²) in [6.45, 7) is 0. The maximum absolute atomic E-state index is 12.4. The summed E-state index contributed by atoms with van der Waals surface area (Å²) in [6, 6.07) is 15.9. The molecule has 0 saturated heterocycles. The quantitative estimate of drug-likeness (QED) is 0.257. The van der Waals surface area contributed by atoms with Crippen molar-refractivity contribution >= 4 is 29.8 Å². The van der Waals surface area contributed by atoms with Gasteiger partial charge in [-0.05, 0) is 59.2 Å². The fourth-order valence-corrected chi connectivity index (χ4v) is 3.21. The molecule has 7 nitrogen and oxygen atoms in total. The van der Waals surface area contributed by atoms with Gasteiger partial charge in [-0.2, -0.15) is 0 Å². The van der Waals surface area contributed by atoms with E-state index in [0.29, 0.717) is 22.9 Å². The molecule has 0 aliphatic rings. The summed E-state index contributed by atoms with van der Waals surface area (Å²) < 4.78 is 21.2. The Morgan fingerprint density at radius 2 is 1.35 bits per heavy atom. The number of amides is 1. The minimum Gasteiger partial charge on any atom is -0.506 e. The summed E-state index contributed by atoms with van der Waals surface area (Å²) in [5.41, 5.74) is 2.76. The fraction of sp³-hybridized carbons (Fsp3) is 0.148. The minimum atomic E-state index is -0.364. The number of nitrogens with one attached hydrogen (secondary N) is 1. The highest BCUT2D eigenvalue weighted by Crippen LogP contribution is 2.38. The number of carbonyl (C=O) groups is 1. The molecule has 3 aromatic carbocycles. The number of ether oxygens (including phenoxy) is 4. The van der Waals surface area contributed by atoms with Gasteiger partial charge in [-0.1, -0.05) is 30.4 Å². The van der Waals surface area contributed by atoms with Crippen molar-refractivity contribution < 1.29 is 28.8 Å². The Balaban J connectivity index is 1.75. The van der Waals surface area contributed by atoms with Crippen LogP contribution in [0.1, 0.15) is 16.7 Å².